The zero-order valence-electron chi connectivity index (χ0n) is 20.4. The summed E-state index contributed by atoms with van der Waals surface area (Å²) in [6.45, 7) is 0. The summed E-state index contributed by atoms with van der Waals surface area (Å²) < 4.78 is 17.7. The molecular formula is C28H28ClNO6. The molecule has 1 amide bonds. The summed E-state index contributed by atoms with van der Waals surface area (Å²) in [7, 11) is 6.28. The molecule has 7 nitrogen and oxygen atoms in total. The Labute approximate surface area is 214 Å². The normalized spacial score (nSPS) is 28.1. The van der Waals surface area contributed by atoms with Crippen molar-refractivity contribution in [3.05, 3.63) is 88.4 Å². The number of rotatable bonds is 5. The highest BCUT2D eigenvalue weighted by molar-refractivity contribution is 6.31. The number of methoxy groups -OCH3 is 2. The van der Waals surface area contributed by atoms with E-state index in [2.05, 4.69) is 0 Å². The monoisotopic (exact) mass is 509 g/mol. The van der Waals surface area contributed by atoms with Crippen LogP contribution < -0.4 is 14.2 Å². The molecule has 2 aliphatic rings. The molecule has 0 aromatic heterocycles. The van der Waals surface area contributed by atoms with Gasteiger partial charge in [0.2, 0.25) is 5.91 Å². The molecule has 1 fully saturated rings. The Morgan fingerprint density at radius 3 is 2.28 bits per heavy atom. The van der Waals surface area contributed by atoms with Crippen LogP contribution >= 0.6 is 11.6 Å². The number of nitrogens with zero attached hydrogens (tertiary/aromatic N) is 1. The molecule has 3 aromatic rings. The lowest BCUT2D eigenvalue weighted by molar-refractivity contribution is -0.156. The molecule has 1 heterocycles. The van der Waals surface area contributed by atoms with Crippen molar-refractivity contribution in [2.75, 3.05) is 28.3 Å². The number of hydrogen-bond donors (Lipinski definition) is 2. The number of benzene rings is 3. The summed E-state index contributed by atoms with van der Waals surface area (Å²) in [6, 6.07) is 19.6. The van der Waals surface area contributed by atoms with Crippen LogP contribution in [-0.4, -0.2) is 55.4 Å². The lowest BCUT2D eigenvalue weighted by Crippen LogP contribution is -2.52. The van der Waals surface area contributed by atoms with Gasteiger partial charge in [-0.05, 0) is 35.4 Å². The second kappa shape index (κ2) is 8.69. The highest BCUT2D eigenvalue weighted by Gasteiger charge is 2.78. The number of hydrogen-bond acceptors (Lipinski definition) is 6. The fraction of sp³-hybridized carbons (Fsp3) is 0.321. The van der Waals surface area contributed by atoms with Gasteiger partial charge in [0.25, 0.3) is 0 Å². The van der Waals surface area contributed by atoms with Crippen LogP contribution in [0.4, 0.5) is 0 Å². The van der Waals surface area contributed by atoms with Gasteiger partial charge in [0.15, 0.2) is 11.2 Å². The fourth-order valence-corrected chi connectivity index (χ4v) is 6.15. The molecular weight excluding hydrogens is 482 g/mol. The van der Waals surface area contributed by atoms with Crippen LogP contribution in [0.1, 0.15) is 22.6 Å². The zero-order valence-corrected chi connectivity index (χ0v) is 21.2. The van der Waals surface area contributed by atoms with E-state index in [4.69, 9.17) is 25.8 Å². The van der Waals surface area contributed by atoms with Crippen LogP contribution in [0.2, 0.25) is 5.02 Å². The van der Waals surface area contributed by atoms with Crippen molar-refractivity contribution in [1.29, 1.82) is 0 Å². The molecule has 0 unspecified atom stereocenters. The van der Waals surface area contributed by atoms with Gasteiger partial charge in [-0.3, -0.25) is 4.79 Å². The molecule has 0 spiro atoms. The minimum absolute atomic E-state index is 0.257. The number of fused-ring (bicyclic) bond motifs is 3. The first kappa shape index (κ1) is 24.4. The molecule has 1 saturated carbocycles. The SMILES string of the molecule is COc1ccc([C@@]23Oc4cc(Cl)cc(OC)c4[C@]2(O)[C@H](O)[C@H](C(=O)N(C)C)[C@H]3c2ccccc2)cc1. The summed E-state index contributed by atoms with van der Waals surface area (Å²) in [5.74, 6) is -0.954. The molecule has 0 saturated heterocycles. The van der Waals surface area contributed by atoms with Crippen molar-refractivity contribution in [3.63, 3.8) is 0 Å². The van der Waals surface area contributed by atoms with E-state index < -0.39 is 29.1 Å². The Morgan fingerprint density at radius 1 is 1.03 bits per heavy atom. The maximum absolute atomic E-state index is 13.6. The van der Waals surface area contributed by atoms with E-state index in [0.29, 0.717) is 16.3 Å². The number of carbonyl (C=O) groups is 1. The Bertz CT molecular complexity index is 1300. The first-order chi connectivity index (χ1) is 17.2. The lowest BCUT2D eigenvalue weighted by atomic mass is 9.70. The number of amides is 1. The summed E-state index contributed by atoms with van der Waals surface area (Å²) in [4.78, 5) is 15.1. The Hall–Kier alpha value is -3.26. The Balaban J connectivity index is 1.89. The van der Waals surface area contributed by atoms with Crippen LogP contribution in [0.15, 0.2) is 66.7 Å². The van der Waals surface area contributed by atoms with Gasteiger partial charge in [-0.1, -0.05) is 54.1 Å². The van der Waals surface area contributed by atoms with Crippen molar-refractivity contribution in [1.82, 2.24) is 4.90 Å². The smallest absolute Gasteiger partial charge is 0.228 e. The van der Waals surface area contributed by atoms with Crippen LogP contribution in [0.5, 0.6) is 17.2 Å². The summed E-state index contributed by atoms with van der Waals surface area (Å²) in [5.41, 5.74) is -2.07. The van der Waals surface area contributed by atoms with Crippen molar-refractivity contribution in [3.8, 4) is 17.2 Å². The van der Waals surface area contributed by atoms with Crippen LogP contribution in [-0.2, 0) is 16.0 Å². The van der Waals surface area contributed by atoms with Crippen molar-refractivity contribution < 1.29 is 29.2 Å². The van der Waals surface area contributed by atoms with Gasteiger partial charge >= 0.3 is 0 Å². The number of aliphatic hydroxyl groups excluding tert-OH is 1. The first-order valence-corrected chi connectivity index (χ1v) is 12.0. The minimum atomic E-state index is -2.05. The number of carbonyl (C=O) groups excluding carboxylic acids is 1. The Morgan fingerprint density at radius 2 is 1.69 bits per heavy atom. The molecule has 3 aromatic carbocycles. The summed E-state index contributed by atoms with van der Waals surface area (Å²) in [6.07, 6.45) is -1.53. The molecule has 5 rings (SSSR count). The molecule has 0 radical (unpaired) electrons. The second-order valence-corrected chi connectivity index (χ2v) is 9.84. The van der Waals surface area contributed by atoms with Crippen LogP contribution in [0.25, 0.3) is 0 Å². The fourth-order valence-electron chi connectivity index (χ4n) is 5.95. The van der Waals surface area contributed by atoms with Crippen molar-refractivity contribution >= 4 is 17.5 Å². The third-order valence-electron chi connectivity index (χ3n) is 7.44. The lowest BCUT2D eigenvalue weighted by Gasteiger charge is -2.41. The molecule has 188 valence electrons. The van der Waals surface area contributed by atoms with Crippen molar-refractivity contribution in [2.24, 2.45) is 5.92 Å². The highest BCUT2D eigenvalue weighted by atomic mass is 35.5. The minimum Gasteiger partial charge on any atom is -0.497 e. The largest absolute Gasteiger partial charge is 0.497 e. The van der Waals surface area contributed by atoms with Crippen LogP contribution in [0, 0.1) is 5.92 Å². The molecule has 36 heavy (non-hydrogen) atoms. The maximum atomic E-state index is 13.6. The third kappa shape index (κ3) is 3.16. The zero-order chi connectivity index (χ0) is 25.8. The maximum Gasteiger partial charge on any atom is 0.228 e. The topological polar surface area (TPSA) is 88.5 Å². The Kier molecular flexibility index (Phi) is 5.90. The van der Waals surface area contributed by atoms with Crippen LogP contribution in [0.3, 0.4) is 0 Å². The van der Waals surface area contributed by atoms with Gasteiger partial charge in [0.05, 0.1) is 25.7 Å². The van der Waals surface area contributed by atoms with E-state index in [9.17, 15) is 15.0 Å². The second-order valence-electron chi connectivity index (χ2n) is 9.41. The first-order valence-electron chi connectivity index (χ1n) is 11.6. The van der Waals surface area contributed by atoms with Gasteiger partial charge in [-0.25, -0.2) is 0 Å². The van der Waals surface area contributed by atoms with Crippen molar-refractivity contribution in [2.45, 2.75) is 23.2 Å². The molecule has 0 bridgehead atoms. The highest BCUT2D eigenvalue weighted by Crippen LogP contribution is 2.70. The molecule has 2 N–H and O–H groups in total. The van der Waals surface area contributed by atoms with Gasteiger partial charge in [0.1, 0.15) is 23.4 Å². The molecule has 1 aliphatic heterocycles. The summed E-state index contributed by atoms with van der Waals surface area (Å²) >= 11 is 6.37. The standard InChI is InChI=1S/C28H28ClNO6/c1-30(2)26(32)22-23(16-8-6-5-7-9-16)28(17-10-12-19(34-3)13-11-17)27(33,25(22)31)24-20(35-4)14-18(29)15-21(24)36-28/h5-15,22-23,25,31,33H,1-4H3/t22-,23-,25-,27+,28+/m1/s1. The quantitative estimate of drug-likeness (QED) is 0.545. The number of ether oxygens (including phenoxy) is 3. The van der Waals surface area contributed by atoms with E-state index in [-0.39, 0.29) is 23.0 Å². The van der Waals surface area contributed by atoms with Gasteiger partial charge in [-0.15, -0.1) is 0 Å². The third-order valence-corrected chi connectivity index (χ3v) is 7.66. The van der Waals surface area contributed by atoms with E-state index in [1.54, 1.807) is 57.6 Å². The number of halogens is 1. The predicted molar refractivity (Wildman–Crippen MR) is 135 cm³/mol. The number of aliphatic hydroxyl groups is 2. The predicted octanol–water partition coefficient (Wildman–Crippen LogP) is 3.70. The average molecular weight is 510 g/mol. The van der Waals surface area contributed by atoms with Gasteiger partial charge in [0, 0.05) is 25.0 Å². The average Bonchev–Trinajstić information content (AvgIpc) is 3.26. The van der Waals surface area contributed by atoms with E-state index in [1.165, 1.54) is 12.0 Å². The van der Waals surface area contributed by atoms with Gasteiger partial charge < -0.3 is 29.3 Å². The van der Waals surface area contributed by atoms with E-state index >= 15 is 0 Å². The molecule has 5 atom stereocenters. The summed E-state index contributed by atoms with van der Waals surface area (Å²) in [5, 5.41) is 25.0. The van der Waals surface area contributed by atoms with E-state index in [1.807, 2.05) is 30.3 Å². The van der Waals surface area contributed by atoms with Gasteiger partial charge in [-0.2, -0.15) is 0 Å². The molecule has 1 aliphatic carbocycles. The molecule has 8 heteroatoms. The van der Waals surface area contributed by atoms with E-state index in [0.717, 1.165) is 5.56 Å².